The Bertz CT molecular complexity index is 500. The monoisotopic (exact) mass is 279 g/mol. The number of hydrogen-bond donors (Lipinski definition) is 1. The highest BCUT2D eigenvalue weighted by atomic mass is 79.9. The van der Waals surface area contributed by atoms with Crippen LogP contribution in [0.25, 0.3) is 10.9 Å². The van der Waals surface area contributed by atoms with Crippen LogP contribution in [0.5, 0.6) is 0 Å². The Kier molecular flexibility index (Phi) is 2.69. The van der Waals surface area contributed by atoms with E-state index in [1.165, 1.54) is 23.7 Å². The molecule has 1 aromatic heterocycles. The van der Waals surface area contributed by atoms with Crippen LogP contribution < -0.4 is 5.32 Å². The molecule has 3 nitrogen and oxygen atoms in total. The molecule has 3 rings (SSSR count). The lowest BCUT2D eigenvalue weighted by Crippen LogP contribution is -2.29. The van der Waals surface area contributed by atoms with Gasteiger partial charge in [-0.1, -0.05) is 15.9 Å². The molecule has 0 aliphatic carbocycles. The quantitative estimate of drug-likeness (QED) is 0.870. The van der Waals surface area contributed by atoms with Crippen LogP contribution in [0.4, 0.5) is 0 Å². The van der Waals surface area contributed by atoms with Crippen molar-refractivity contribution in [3.63, 3.8) is 0 Å². The van der Waals surface area contributed by atoms with Gasteiger partial charge >= 0.3 is 0 Å². The second kappa shape index (κ2) is 4.18. The van der Waals surface area contributed by atoms with Gasteiger partial charge in [-0.3, -0.25) is 4.68 Å². The van der Waals surface area contributed by atoms with Crippen LogP contribution >= 0.6 is 15.9 Å². The summed E-state index contributed by atoms with van der Waals surface area (Å²) in [5, 5.41) is 9.13. The first-order valence-corrected chi connectivity index (χ1v) is 6.47. The molecule has 1 saturated heterocycles. The van der Waals surface area contributed by atoms with Gasteiger partial charge in [0, 0.05) is 9.86 Å². The van der Waals surface area contributed by atoms with E-state index in [2.05, 4.69) is 49.2 Å². The van der Waals surface area contributed by atoms with Gasteiger partial charge < -0.3 is 5.32 Å². The Morgan fingerprint density at radius 1 is 1.31 bits per heavy atom. The molecule has 1 aliphatic heterocycles. The molecular formula is C12H14BrN3. The van der Waals surface area contributed by atoms with Gasteiger partial charge in [0.05, 0.1) is 17.8 Å². The van der Waals surface area contributed by atoms with E-state index in [9.17, 15) is 0 Å². The summed E-state index contributed by atoms with van der Waals surface area (Å²) >= 11 is 3.49. The van der Waals surface area contributed by atoms with Crippen LogP contribution in [0.15, 0.2) is 28.9 Å². The molecule has 0 amide bonds. The van der Waals surface area contributed by atoms with Crippen molar-refractivity contribution in [2.45, 2.75) is 18.9 Å². The average Bonchev–Trinajstić information content (AvgIpc) is 2.73. The van der Waals surface area contributed by atoms with Gasteiger partial charge in [0.2, 0.25) is 0 Å². The zero-order valence-corrected chi connectivity index (χ0v) is 10.6. The summed E-state index contributed by atoms with van der Waals surface area (Å²) in [6.45, 7) is 2.20. The third-order valence-corrected chi connectivity index (χ3v) is 3.71. The normalized spacial score (nSPS) is 18.1. The molecule has 0 saturated carbocycles. The van der Waals surface area contributed by atoms with Gasteiger partial charge in [-0.25, -0.2) is 0 Å². The minimum atomic E-state index is 0.555. The summed E-state index contributed by atoms with van der Waals surface area (Å²) in [6, 6.07) is 6.91. The molecule has 4 heteroatoms. The van der Waals surface area contributed by atoms with Crippen LogP contribution in [0, 0.1) is 0 Å². The summed E-state index contributed by atoms with van der Waals surface area (Å²) in [6.07, 6.45) is 4.31. The molecule has 0 unspecified atom stereocenters. The Hall–Kier alpha value is -0.870. The van der Waals surface area contributed by atoms with E-state index in [0.717, 1.165) is 17.6 Å². The van der Waals surface area contributed by atoms with Gasteiger partial charge in [-0.15, -0.1) is 0 Å². The molecule has 0 radical (unpaired) electrons. The van der Waals surface area contributed by atoms with Gasteiger partial charge in [0.1, 0.15) is 0 Å². The number of rotatable bonds is 1. The SMILES string of the molecule is Brc1ccc2c(cnn2C2CCNCC2)c1. The van der Waals surface area contributed by atoms with E-state index >= 15 is 0 Å². The molecule has 0 spiro atoms. The summed E-state index contributed by atoms with van der Waals surface area (Å²) in [5.41, 5.74) is 1.25. The number of benzene rings is 1. The van der Waals surface area contributed by atoms with Crippen LogP contribution in [-0.4, -0.2) is 22.9 Å². The lowest BCUT2D eigenvalue weighted by molar-refractivity contribution is 0.351. The van der Waals surface area contributed by atoms with Crippen molar-refractivity contribution >= 4 is 26.8 Å². The lowest BCUT2D eigenvalue weighted by Gasteiger charge is -2.23. The second-order valence-corrected chi connectivity index (χ2v) is 5.19. The third-order valence-electron chi connectivity index (χ3n) is 3.21. The Labute approximate surface area is 103 Å². The summed E-state index contributed by atoms with van der Waals surface area (Å²) in [5.74, 6) is 0. The third kappa shape index (κ3) is 1.76. The maximum Gasteiger partial charge on any atom is 0.0686 e. The van der Waals surface area contributed by atoms with E-state index < -0.39 is 0 Å². The second-order valence-electron chi connectivity index (χ2n) is 4.27. The van der Waals surface area contributed by atoms with Crippen molar-refractivity contribution in [2.24, 2.45) is 0 Å². The molecule has 1 aromatic carbocycles. The summed E-state index contributed by atoms with van der Waals surface area (Å²) < 4.78 is 3.30. The zero-order chi connectivity index (χ0) is 11.0. The minimum absolute atomic E-state index is 0.555. The predicted molar refractivity (Wildman–Crippen MR) is 68.6 cm³/mol. The predicted octanol–water partition coefficient (Wildman–Crippen LogP) is 2.72. The average molecular weight is 280 g/mol. The van der Waals surface area contributed by atoms with E-state index in [1.807, 2.05) is 6.20 Å². The number of fused-ring (bicyclic) bond motifs is 1. The number of aromatic nitrogens is 2. The first-order chi connectivity index (χ1) is 7.84. The van der Waals surface area contributed by atoms with E-state index in [0.29, 0.717) is 6.04 Å². The Balaban J connectivity index is 2.03. The maximum atomic E-state index is 4.53. The highest BCUT2D eigenvalue weighted by Crippen LogP contribution is 2.25. The van der Waals surface area contributed by atoms with Crippen LogP contribution in [0.1, 0.15) is 18.9 Å². The van der Waals surface area contributed by atoms with Gasteiger partial charge in [-0.2, -0.15) is 5.10 Å². The first-order valence-electron chi connectivity index (χ1n) is 5.68. The molecule has 1 N–H and O–H groups in total. The fourth-order valence-corrected chi connectivity index (χ4v) is 2.75. The number of halogens is 1. The van der Waals surface area contributed by atoms with Crippen molar-refractivity contribution in [2.75, 3.05) is 13.1 Å². The van der Waals surface area contributed by atoms with Gasteiger partial charge in [0.25, 0.3) is 0 Å². The summed E-state index contributed by atoms with van der Waals surface area (Å²) in [7, 11) is 0. The van der Waals surface area contributed by atoms with Crippen molar-refractivity contribution in [1.82, 2.24) is 15.1 Å². The Morgan fingerprint density at radius 3 is 2.94 bits per heavy atom. The minimum Gasteiger partial charge on any atom is -0.317 e. The maximum absolute atomic E-state index is 4.53. The fourth-order valence-electron chi connectivity index (χ4n) is 2.37. The lowest BCUT2D eigenvalue weighted by atomic mass is 10.1. The smallest absolute Gasteiger partial charge is 0.0686 e. The van der Waals surface area contributed by atoms with E-state index in [1.54, 1.807) is 0 Å². The van der Waals surface area contributed by atoms with Crippen LogP contribution in [0.3, 0.4) is 0 Å². The standard InChI is InChI=1S/C12H14BrN3/c13-10-1-2-12-9(7-10)8-15-16(12)11-3-5-14-6-4-11/h1-2,7-8,11,14H,3-6H2. The number of hydrogen-bond acceptors (Lipinski definition) is 2. The Morgan fingerprint density at radius 2 is 2.12 bits per heavy atom. The molecule has 1 fully saturated rings. The number of piperidine rings is 1. The van der Waals surface area contributed by atoms with Gasteiger partial charge in [0.15, 0.2) is 0 Å². The fraction of sp³-hybridized carbons (Fsp3) is 0.417. The first kappa shape index (κ1) is 10.3. The van der Waals surface area contributed by atoms with E-state index in [4.69, 9.17) is 0 Å². The van der Waals surface area contributed by atoms with Crippen molar-refractivity contribution in [3.8, 4) is 0 Å². The summed E-state index contributed by atoms with van der Waals surface area (Å²) in [4.78, 5) is 0. The van der Waals surface area contributed by atoms with Crippen molar-refractivity contribution < 1.29 is 0 Å². The van der Waals surface area contributed by atoms with Crippen LogP contribution in [0.2, 0.25) is 0 Å². The van der Waals surface area contributed by atoms with Crippen LogP contribution in [-0.2, 0) is 0 Å². The van der Waals surface area contributed by atoms with Crippen molar-refractivity contribution in [3.05, 3.63) is 28.9 Å². The van der Waals surface area contributed by atoms with Gasteiger partial charge in [-0.05, 0) is 44.1 Å². The molecular weight excluding hydrogens is 266 g/mol. The topological polar surface area (TPSA) is 29.9 Å². The molecule has 0 bridgehead atoms. The molecule has 1 aliphatic rings. The van der Waals surface area contributed by atoms with E-state index in [-0.39, 0.29) is 0 Å². The molecule has 0 atom stereocenters. The highest BCUT2D eigenvalue weighted by molar-refractivity contribution is 9.10. The molecule has 16 heavy (non-hydrogen) atoms. The highest BCUT2D eigenvalue weighted by Gasteiger charge is 2.17. The molecule has 2 aromatic rings. The number of nitrogens with zero attached hydrogens (tertiary/aromatic N) is 2. The largest absolute Gasteiger partial charge is 0.317 e. The zero-order valence-electron chi connectivity index (χ0n) is 8.99. The van der Waals surface area contributed by atoms with Crippen molar-refractivity contribution in [1.29, 1.82) is 0 Å². The molecule has 2 heterocycles. The molecule has 84 valence electrons. The number of nitrogens with one attached hydrogen (secondary N) is 1.